The largest absolute Gasteiger partial charge is 0.479 e. The number of nitrogens with zero attached hydrogens (tertiary/aromatic N) is 1. The van der Waals surface area contributed by atoms with E-state index in [0.29, 0.717) is 0 Å². The summed E-state index contributed by atoms with van der Waals surface area (Å²) >= 11 is 0. The number of aliphatic carboxylic acids is 1. The average Bonchev–Trinajstić information content (AvgIpc) is 3.28. The van der Waals surface area contributed by atoms with E-state index in [-0.39, 0.29) is 37.7 Å². The monoisotopic (exact) mass is 539 g/mol. The summed E-state index contributed by atoms with van der Waals surface area (Å²) < 4.78 is 5.66. The Morgan fingerprint density at radius 3 is 2.15 bits per heavy atom. The maximum atomic E-state index is 13.0. The van der Waals surface area contributed by atoms with Crippen LogP contribution in [0.1, 0.15) is 22.6 Å². The molecule has 3 aromatic carbocycles. The Bertz CT molecular complexity index is 1440. The second-order valence-corrected chi connectivity index (χ2v) is 9.91. The predicted molar refractivity (Wildman–Crippen MR) is 147 cm³/mol. The molecule has 5 rings (SSSR count). The fraction of sp³-hybridized carbons (Fsp3) is 0.226. The highest BCUT2D eigenvalue weighted by Crippen LogP contribution is 2.44. The van der Waals surface area contributed by atoms with E-state index in [4.69, 9.17) is 10.5 Å². The SMILES string of the molecule is N[C@@H](Cc1ccccc1)C(=O)[C@H](NC1=CC(=O)CN(C(=O)OCC2c3ccccc3-c3ccccc32)C1)C(=O)O. The number of ether oxygens (including phenoxy) is 1. The normalized spacial score (nSPS) is 15.9. The van der Waals surface area contributed by atoms with Crippen molar-refractivity contribution in [1.29, 1.82) is 0 Å². The summed E-state index contributed by atoms with van der Waals surface area (Å²) in [5.41, 5.74) is 11.3. The first kappa shape index (κ1) is 26.8. The molecule has 0 fully saturated rings. The molecule has 204 valence electrons. The van der Waals surface area contributed by atoms with Crippen LogP contribution in [0.3, 0.4) is 0 Å². The molecular formula is C31H29N3O6. The fourth-order valence-corrected chi connectivity index (χ4v) is 5.26. The maximum Gasteiger partial charge on any atom is 0.410 e. The van der Waals surface area contributed by atoms with Crippen molar-refractivity contribution in [3.8, 4) is 11.1 Å². The van der Waals surface area contributed by atoms with Crippen LogP contribution in [0.2, 0.25) is 0 Å². The van der Waals surface area contributed by atoms with Crippen molar-refractivity contribution in [3.05, 3.63) is 107 Å². The van der Waals surface area contributed by atoms with E-state index in [2.05, 4.69) is 5.32 Å². The highest BCUT2D eigenvalue weighted by atomic mass is 16.6. The van der Waals surface area contributed by atoms with Gasteiger partial charge in [0.2, 0.25) is 0 Å². The summed E-state index contributed by atoms with van der Waals surface area (Å²) in [5.74, 6) is -2.74. The minimum Gasteiger partial charge on any atom is -0.479 e. The summed E-state index contributed by atoms with van der Waals surface area (Å²) in [4.78, 5) is 51.6. The van der Waals surface area contributed by atoms with Crippen LogP contribution in [-0.4, -0.2) is 65.4 Å². The van der Waals surface area contributed by atoms with Gasteiger partial charge in [-0.3, -0.25) is 14.5 Å². The Hall–Kier alpha value is -4.76. The van der Waals surface area contributed by atoms with Gasteiger partial charge in [-0.25, -0.2) is 9.59 Å². The molecule has 0 aromatic heterocycles. The van der Waals surface area contributed by atoms with Crippen molar-refractivity contribution in [2.45, 2.75) is 24.4 Å². The zero-order chi connectivity index (χ0) is 28.2. The molecule has 4 N–H and O–H groups in total. The van der Waals surface area contributed by atoms with E-state index >= 15 is 0 Å². The summed E-state index contributed by atoms with van der Waals surface area (Å²) in [5, 5.41) is 12.4. The number of ketones is 2. The number of carboxylic acids is 1. The molecule has 3 aromatic rings. The van der Waals surface area contributed by atoms with Gasteiger partial charge in [-0.2, -0.15) is 0 Å². The third-order valence-electron chi connectivity index (χ3n) is 7.16. The van der Waals surface area contributed by atoms with Crippen LogP contribution in [0.5, 0.6) is 0 Å². The third kappa shape index (κ3) is 5.64. The molecule has 9 heteroatoms. The number of benzene rings is 3. The van der Waals surface area contributed by atoms with E-state index in [0.717, 1.165) is 27.8 Å². The van der Waals surface area contributed by atoms with E-state index in [1.165, 1.54) is 11.0 Å². The lowest BCUT2D eigenvalue weighted by Gasteiger charge is -2.29. The van der Waals surface area contributed by atoms with Crippen LogP contribution in [-0.2, 0) is 25.5 Å². The van der Waals surface area contributed by atoms with Gasteiger partial charge in [0.25, 0.3) is 0 Å². The first-order valence-corrected chi connectivity index (χ1v) is 13.0. The lowest BCUT2D eigenvalue weighted by molar-refractivity contribution is -0.143. The number of hydrogen-bond donors (Lipinski definition) is 3. The fourth-order valence-electron chi connectivity index (χ4n) is 5.26. The number of amides is 1. The number of Topliss-reactive ketones (excluding diaryl/α,β-unsaturated/α-hetero) is 1. The van der Waals surface area contributed by atoms with Gasteiger partial charge >= 0.3 is 12.1 Å². The lowest BCUT2D eigenvalue weighted by Crippen LogP contribution is -2.53. The van der Waals surface area contributed by atoms with Crippen molar-refractivity contribution in [2.24, 2.45) is 5.73 Å². The smallest absolute Gasteiger partial charge is 0.410 e. The molecule has 1 aliphatic carbocycles. The molecule has 0 spiro atoms. The highest BCUT2D eigenvalue weighted by molar-refractivity contribution is 6.05. The van der Waals surface area contributed by atoms with Gasteiger partial charge in [-0.1, -0.05) is 78.9 Å². The van der Waals surface area contributed by atoms with Gasteiger partial charge in [-0.15, -0.1) is 0 Å². The van der Waals surface area contributed by atoms with Crippen LogP contribution < -0.4 is 11.1 Å². The maximum absolute atomic E-state index is 13.0. The molecule has 40 heavy (non-hydrogen) atoms. The van der Waals surface area contributed by atoms with Gasteiger partial charge in [0.05, 0.1) is 19.1 Å². The second-order valence-electron chi connectivity index (χ2n) is 9.91. The molecule has 2 atom stereocenters. The van der Waals surface area contributed by atoms with Crippen molar-refractivity contribution < 1.29 is 29.0 Å². The molecule has 0 radical (unpaired) electrons. The number of nitrogens with one attached hydrogen (secondary N) is 1. The summed E-state index contributed by atoms with van der Waals surface area (Å²) in [6, 6.07) is 22.2. The van der Waals surface area contributed by atoms with Crippen molar-refractivity contribution in [3.63, 3.8) is 0 Å². The summed E-state index contributed by atoms with van der Waals surface area (Å²) in [6.07, 6.45) is 0.662. The van der Waals surface area contributed by atoms with Gasteiger partial charge in [0.15, 0.2) is 17.6 Å². The third-order valence-corrected chi connectivity index (χ3v) is 7.16. The quantitative estimate of drug-likeness (QED) is 0.353. The Kier molecular flexibility index (Phi) is 7.75. The topological polar surface area (TPSA) is 139 Å². The van der Waals surface area contributed by atoms with E-state index in [1.807, 2.05) is 54.6 Å². The second kappa shape index (κ2) is 11.5. The highest BCUT2D eigenvalue weighted by Gasteiger charge is 2.34. The van der Waals surface area contributed by atoms with Gasteiger partial charge in [-0.05, 0) is 34.2 Å². The zero-order valence-corrected chi connectivity index (χ0v) is 21.7. The van der Waals surface area contributed by atoms with Crippen LogP contribution in [0.25, 0.3) is 11.1 Å². The van der Waals surface area contributed by atoms with Crippen molar-refractivity contribution in [2.75, 3.05) is 19.7 Å². The first-order chi connectivity index (χ1) is 19.3. The molecule has 0 saturated carbocycles. The van der Waals surface area contributed by atoms with Gasteiger partial charge < -0.3 is 20.9 Å². The molecule has 1 amide bonds. The number of rotatable bonds is 9. The van der Waals surface area contributed by atoms with Gasteiger partial charge in [0, 0.05) is 17.7 Å². The van der Waals surface area contributed by atoms with E-state index in [9.17, 15) is 24.3 Å². The molecule has 0 bridgehead atoms. The van der Waals surface area contributed by atoms with Crippen molar-refractivity contribution in [1.82, 2.24) is 10.2 Å². The summed E-state index contributed by atoms with van der Waals surface area (Å²) in [7, 11) is 0. The Morgan fingerprint density at radius 2 is 1.52 bits per heavy atom. The number of hydrogen-bond acceptors (Lipinski definition) is 7. The molecule has 9 nitrogen and oxygen atoms in total. The Balaban J connectivity index is 1.23. The van der Waals surface area contributed by atoms with Crippen LogP contribution in [0.4, 0.5) is 4.79 Å². The minimum absolute atomic E-state index is 0.0780. The first-order valence-electron chi connectivity index (χ1n) is 13.0. The van der Waals surface area contributed by atoms with Crippen LogP contribution in [0.15, 0.2) is 90.6 Å². The number of nitrogens with two attached hydrogens (primary N) is 1. The van der Waals surface area contributed by atoms with Crippen molar-refractivity contribution >= 4 is 23.6 Å². The van der Waals surface area contributed by atoms with Crippen LogP contribution in [0, 0.1) is 0 Å². The average molecular weight is 540 g/mol. The van der Waals surface area contributed by atoms with Gasteiger partial charge in [0.1, 0.15) is 6.61 Å². The molecule has 1 aliphatic heterocycles. The predicted octanol–water partition coefficient (Wildman–Crippen LogP) is 2.89. The zero-order valence-electron chi connectivity index (χ0n) is 21.7. The number of carbonyl (C=O) groups is 4. The Morgan fingerprint density at radius 1 is 0.925 bits per heavy atom. The Labute approximate surface area is 231 Å². The molecule has 1 heterocycles. The number of carboxylic acid groups (broad SMARTS) is 1. The minimum atomic E-state index is -1.68. The number of carbonyl (C=O) groups excluding carboxylic acids is 3. The molecule has 0 unspecified atom stereocenters. The standard InChI is InChI=1S/C31H29N3O6/c32-27(14-19-8-2-1-3-9-19)29(36)28(30(37)38)33-20-15-21(35)17-34(16-20)31(39)40-18-26-24-12-6-4-10-22(24)23-11-5-7-13-25(23)26/h1-13,15,26-28,33H,14,16-18,32H2,(H,37,38)/t27-,28-/m0/s1. The van der Waals surface area contributed by atoms with Crippen LogP contribution >= 0.6 is 0 Å². The van der Waals surface area contributed by atoms with E-state index in [1.54, 1.807) is 24.3 Å². The number of fused-ring (bicyclic) bond motifs is 3. The summed E-state index contributed by atoms with van der Waals surface area (Å²) in [6.45, 7) is -0.261. The molecular weight excluding hydrogens is 510 g/mol. The van der Waals surface area contributed by atoms with E-state index < -0.39 is 35.7 Å². The lowest BCUT2D eigenvalue weighted by atomic mass is 9.98. The molecule has 0 saturated heterocycles. The molecule has 2 aliphatic rings.